The first-order chi connectivity index (χ1) is 8.95. The van der Waals surface area contributed by atoms with Crippen LogP contribution < -0.4 is 11.3 Å². The summed E-state index contributed by atoms with van der Waals surface area (Å²) in [6.45, 7) is 0. The maximum absolute atomic E-state index is 10.4. The summed E-state index contributed by atoms with van der Waals surface area (Å²) in [6, 6.07) is 2.91. The SMILES string of the molecule is NNc1ccc(C(=O)O)cn1.O=C1CCC(=O)N1Cl. The fourth-order valence-corrected chi connectivity index (χ4v) is 1.32. The van der Waals surface area contributed by atoms with Crippen LogP contribution in [-0.2, 0) is 9.59 Å². The molecule has 0 atom stereocenters. The molecule has 4 N–H and O–H groups in total. The molecular formula is C10H11ClN4O4. The van der Waals surface area contributed by atoms with Crippen molar-refractivity contribution < 1.29 is 19.5 Å². The third-order valence-corrected chi connectivity index (χ3v) is 2.53. The summed E-state index contributed by atoms with van der Waals surface area (Å²) in [5.74, 6) is 3.87. The number of carboxylic acids is 1. The number of nitrogens with two attached hydrogens (primary N) is 1. The average molecular weight is 287 g/mol. The van der Waals surface area contributed by atoms with Gasteiger partial charge in [-0.3, -0.25) is 9.59 Å². The molecular weight excluding hydrogens is 276 g/mol. The maximum atomic E-state index is 10.4. The van der Waals surface area contributed by atoms with Crippen LogP contribution in [0.25, 0.3) is 0 Å². The molecule has 0 aliphatic carbocycles. The fraction of sp³-hybridized carbons (Fsp3) is 0.200. The first kappa shape index (κ1) is 14.9. The Morgan fingerprint density at radius 3 is 2.21 bits per heavy atom. The highest BCUT2D eigenvalue weighted by atomic mass is 35.5. The molecule has 1 aliphatic heterocycles. The van der Waals surface area contributed by atoms with E-state index < -0.39 is 5.97 Å². The summed E-state index contributed by atoms with van der Waals surface area (Å²) in [4.78, 5) is 34.7. The van der Waals surface area contributed by atoms with Crippen molar-refractivity contribution >= 4 is 35.4 Å². The maximum Gasteiger partial charge on any atom is 0.337 e. The highest BCUT2D eigenvalue weighted by molar-refractivity contribution is 6.32. The van der Waals surface area contributed by atoms with Crippen molar-refractivity contribution in [2.45, 2.75) is 12.8 Å². The number of carboxylic acid groups (broad SMARTS) is 1. The normalized spacial score (nSPS) is 13.9. The third-order valence-electron chi connectivity index (χ3n) is 2.15. The number of hydrogen-bond donors (Lipinski definition) is 3. The molecule has 0 saturated carbocycles. The van der Waals surface area contributed by atoms with E-state index in [0.29, 0.717) is 10.2 Å². The van der Waals surface area contributed by atoms with Gasteiger partial charge in [-0.25, -0.2) is 15.6 Å². The van der Waals surface area contributed by atoms with Crippen LogP contribution in [0.4, 0.5) is 5.82 Å². The molecule has 102 valence electrons. The molecule has 2 rings (SSSR count). The van der Waals surface area contributed by atoms with E-state index in [1.54, 1.807) is 0 Å². The Kier molecular flexibility index (Phi) is 5.22. The molecule has 1 aliphatic rings. The first-order valence-corrected chi connectivity index (χ1v) is 5.47. The van der Waals surface area contributed by atoms with Gasteiger partial charge in [-0.05, 0) is 12.1 Å². The fourth-order valence-electron chi connectivity index (χ4n) is 1.16. The zero-order chi connectivity index (χ0) is 14.4. The van der Waals surface area contributed by atoms with E-state index in [2.05, 4.69) is 10.4 Å². The number of imide groups is 1. The summed E-state index contributed by atoms with van der Waals surface area (Å²) in [6.07, 6.45) is 1.77. The van der Waals surface area contributed by atoms with Crippen LogP contribution in [-0.4, -0.2) is 32.3 Å². The number of pyridine rings is 1. The lowest BCUT2D eigenvalue weighted by Gasteiger charge is -1.97. The topological polar surface area (TPSA) is 126 Å². The van der Waals surface area contributed by atoms with Gasteiger partial charge in [-0.1, -0.05) is 0 Å². The van der Waals surface area contributed by atoms with Crippen LogP contribution in [0, 0.1) is 0 Å². The Hall–Kier alpha value is -2.19. The summed E-state index contributed by atoms with van der Waals surface area (Å²) >= 11 is 5.15. The predicted molar refractivity (Wildman–Crippen MR) is 65.9 cm³/mol. The van der Waals surface area contributed by atoms with Crippen LogP contribution in [0.3, 0.4) is 0 Å². The molecule has 8 nitrogen and oxygen atoms in total. The van der Waals surface area contributed by atoms with Crippen LogP contribution in [0.2, 0.25) is 0 Å². The van der Waals surface area contributed by atoms with Crippen molar-refractivity contribution in [1.82, 2.24) is 9.40 Å². The quantitative estimate of drug-likeness (QED) is 0.310. The molecule has 9 heteroatoms. The standard InChI is InChI=1S/C6H7N3O2.C4H4ClNO2/c7-9-5-2-1-4(3-8-5)6(10)11;5-6-3(7)1-2-4(6)8/h1-3H,7H2,(H,8,9)(H,10,11);1-2H2. The number of halogens is 1. The lowest BCUT2D eigenvalue weighted by Crippen LogP contribution is -2.16. The molecule has 0 unspecified atom stereocenters. The number of anilines is 1. The Morgan fingerprint density at radius 2 is 1.95 bits per heavy atom. The molecule has 2 heterocycles. The van der Waals surface area contributed by atoms with Crippen LogP contribution >= 0.6 is 11.8 Å². The second-order valence-electron chi connectivity index (χ2n) is 3.45. The van der Waals surface area contributed by atoms with Crippen molar-refractivity contribution in [2.24, 2.45) is 5.84 Å². The Balaban J connectivity index is 0.000000200. The van der Waals surface area contributed by atoms with Gasteiger partial charge in [0, 0.05) is 30.8 Å². The predicted octanol–water partition coefficient (Wildman–Crippen LogP) is 0.355. The lowest BCUT2D eigenvalue weighted by atomic mass is 10.3. The number of carbonyl (C=O) groups is 3. The minimum absolute atomic E-state index is 0.143. The number of aromatic carboxylic acids is 1. The van der Waals surface area contributed by atoms with Gasteiger partial charge >= 0.3 is 5.97 Å². The number of carbonyl (C=O) groups excluding carboxylic acids is 2. The van der Waals surface area contributed by atoms with Crippen molar-refractivity contribution in [3.63, 3.8) is 0 Å². The molecule has 1 saturated heterocycles. The van der Waals surface area contributed by atoms with E-state index in [4.69, 9.17) is 22.7 Å². The van der Waals surface area contributed by atoms with E-state index in [-0.39, 0.29) is 30.2 Å². The molecule has 19 heavy (non-hydrogen) atoms. The molecule has 2 amide bonds. The van der Waals surface area contributed by atoms with Crippen molar-refractivity contribution in [1.29, 1.82) is 0 Å². The number of nitrogen functional groups attached to an aromatic ring is 1. The molecule has 0 radical (unpaired) electrons. The van der Waals surface area contributed by atoms with E-state index in [1.165, 1.54) is 18.3 Å². The third kappa shape index (κ3) is 4.19. The Bertz CT molecular complexity index is 475. The van der Waals surface area contributed by atoms with Gasteiger partial charge < -0.3 is 10.5 Å². The molecule has 0 aromatic carbocycles. The largest absolute Gasteiger partial charge is 0.478 e. The monoisotopic (exact) mass is 286 g/mol. The van der Waals surface area contributed by atoms with E-state index >= 15 is 0 Å². The second-order valence-corrected chi connectivity index (χ2v) is 3.79. The van der Waals surface area contributed by atoms with Crippen LogP contribution in [0.1, 0.15) is 23.2 Å². The summed E-state index contributed by atoms with van der Waals surface area (Å²) in [5, 5.41) is 8.46. The molecule has 0 bridgehead atoms. The van der Waals surface area contributed by atoms with Gasteiger partial charge in [-0.15, -0.1) is 0 Å². The van der Waals surface area contributed by atoms with Gasteiger partial charge in [0.1, 0.15) is 5.82 Å². The minimum atomic E-state index is -0.999. The molecule has 1 fully saturated rings. The number of aromatic nitrogens is 1. The van der Waals surface area contributed by atoms with Crippen molar-refractivity contribution in [3.8, 4) is 0 Å². The number of nitrogens with one attached hydrogen (secondary N) is 1. The number of hydrogen-bond acceptors (Lipinski definition) is 6. The van der Waals surface area contributed by atoms with Gasteiger partial charge in [0.2, 0.25) is 11.8 Å². The average Bonchev–Trinajstić information content (AvgIpc) is 2.71. The van der Waals surface area contributed by atoms with Gasteiger partial charge in [-0.2, -0.15) is 4.42 Å². The lowest BCUT2D eigenvalue weighted by molar-refractivity contribution is -0.132. The summed E-state index contributed by atoms with van der Waals surface area (Å²) < 4.78 is 0.639. The van der Waals surface area contributed by atoms with Gasteiger partial charge in [0.05, 0.1) is 5.56 Å². The van der Waals surface area contributed by atoms with Crippen molar-refractivity contribution in [3.05, 3.63) is 23.9 Å². The minimum Gasteiger partial charge on any atom is -0.478 e. The number of rotatable bonds is 2. The van der Waals surface area contributed by atoms with Gasteiger partial charge in [0.25, 0.3) is 0 Å². The summed E-state index contributed by atoms with van der Waals surface area (Å²) in [7, 11) is 0. The smallest absolute Gasteiger partial charge is 0.337 e. The Labute approximate surface area is 113 Å². The highest BCUT2D eigenvalue weighted by Gasteiger charge is 2.26. The molecule has 1 aromatic rings. The zero-order valence-corrected chi connectivity index (χ0v) is 10.4. The van der Waals surface area contributed by atoms with Crippen LogP contribution in [0.15, 0.2) is 18.3 Å². The highest BCUT2D eigenvalue weighted by Crippen LogP contribution is 2.12. The summed E-state index contributed by atoms with van der Waals surface area (Å²) in [5.41, 5.74) is 2.43. The number of hydrazine groups is 1. The second kappa shape index (κ2) is 6.66. The van der Waals surface area contributed by atoms with E-state index in [0.717, 1.165) is 0 Å². The van der Waals surface area contributed by atoms with Crippen molar-refractivity contribution in [2.75, 3.05) is 5.43 Å². The van der Waals surface area contributed by atoms with E-state index in [1.807, 2.05) is 0 Å². The van der Waals surface area contributed by atoms with E-state index in [9.17, 15) is 14.4 Å². The zero-order valence-electron chi connectivity index (χ0n) is 9.67. The van der Waals surface area contributed by atoms with Crippen LogP contribution in [0.5, 0.6) is 0 Å². The Morgan fingerprint density at radius 1 is 1.37 bits per heavy atom. The van der Waals surface area contributed by atoms with Gasteiger partial charge in [0.15, 0.2) is 0 Å². The first-order valence-electron chi connectivity index (χ1n) is 5.13. The number of amides is 2. The number of nitrogens with zero attached hydrogens (tertiary/aromatic N) is 2. The molecule has 1 aromatic heterocycles. The molecule has 0 spiro atoms.